The van der Waals surface area contributed by atoms with Crippen molar-refractivity contribution in [1.82, 2.24) is 14.7 Å². The summed E-state index contributed by atoms with van der Waals surface area (Å²) in [5.41, 5.74) is 2.66. The number of amides is 1. The van der Waals surface area contributed by atoms with Gasteiger partial charge in [0.25, 0.3) is 5.91 Å². The molecule has 2 aromatic carbocycles. The van der Waals surface area contributed by atoms with Gasteiger partial charge in [0.1, 0.15) is 5.82 Å². The molecule has 4 nitrogen and oxygen atoms in total. The molecule has 0 bridgehead atoms. The molecule has 0 unspecified atom stereocenters. The van der Waals surface area contributed by atoms with Gasteiger partial charge in [-0.2, -0.15) is 5.10 Å². The minimum atomic E-state index is -0.300. The van der Waals surface area contributed by atoms with Gasteiger partial charge in [-0.1, -0.05) is 30.3 Å². The first-order valence-corrected chi connectivity index (χ1v) is 7.62. The van der Waals surface area contributed by atoms with Crippen molar-refractivity contribution in [3.8, 4) is 11.1 Å². The van der Waals surface area contributed by atoms with Crippen molar-refractivity contribution in [3.05, 3.63) is 77.9 Å². The van der Waals surface area contributed by atoms with Gasteiger partial charge in [0, 0.05) is 43.5 Å². The number of aromatic nitrogens is 2. The zero-order chi connectivity index (χ0) is 17.1. The number of carbonyl (C=O) groups excluding carboxylic acids is 1. The number of carbonyl (C=O) groups is 1. The summed E-state index contributed by atoms with van der Waals surface area (Å²) in [6, 6.07) is 13.6. The van der Waals surface area contributed by atoms with Gasteiger partial charge in [-0.05, 0) is 23.8 Å². The van der Waals surface area contributed by atoms with Crippen LogP contribution in [0.5, 0.6) is 0 Å². The summed E-state index contributed by atoms with van der Waals surface area (Å²) in [4.78, 5) is 14.3. The van der Waals surface area contributed by atoms with Crippen LogP contribution in [0, 0.1) is 5.82 Å². The number of aryl methyl sites for hydroxylation is 1. The van der Waals surface area contributed by atoms with E-state index in [1.807, 2.05) is 13.2 Å². The molecule has 1 aromatic heterocycles. The minimum absolute atomic E-state index is 0.114. The molecule has 0 saturated carbocycles. The molecule has 0 saturated heterocycles. The summed E-state index contributed by atoms with van der Waals surface area (Å²) in [7, 11) is 3.58. The maximum Gasteiger partial charge on any atom is 0.253 e. The van der Waals surface area contributed by atoms with Gasteiger partial charge in [0.15, 0.2) is 0 Å². The van der Waals surface area contributed by atoms with E-state index in [0.29, 0.717) is 23.2 Å². The average Bonchev–Trinajstić information content (AvgIpc) is 2.99. The minimum Gasteiger partial charge on any atom is -0.337 e. The van der Waals surface area contributed by atoms with E-state index in [9.17, 15) is 9.18 Å². The number of benzene rings is 2. The maximum absolute atomic E-state index is 14.0. The van der Waals surface area contributed by atoms with Gasteiger partial charge in [-0.15, -0.1) is 0 Å². The summed E-state index contributed by atoms with van der Waals surface area (Å²) in [5.74, 6) is -0.414. The molecule has 0 N–H and O–H groups in total. The van der Waals surface area contributed by atoms with Crippen molar-refractivity contribution in [3.63, 3.8) is 0 Å². The molecule has 0 aliphatic carbocycles. The molecule has 0 aliphatic heterocycles. The quantitative estimate of drug-likeness (QED) is 0.737. The van der Waals surface area contributed by atoms with E-state index >= 15 is 0 Å². The number of nitrogens with zero attached hydrogens (tertiary/aromatic N) is 3. The van der Waals surface area contributed by atoms with E-state index in [4.69, 9.17) is 0 Å². The number of hydrogen-bond donors (Lipinski definition) is 0. The van der Waals surface area contributed by atoms with Gasteiger partial charge in [0.05, 0.1) is 6.20 Å². The van der Waals surface area contributed by atoms with Gasteiger partial charge < -0.3 is 4.90 Å². The van der Waals surface area contributed by atoms with Crippen LogP contribution in [0.25, 0.3) is 11.1 Å². The summed E-state index contributed by atoms with van der Waals surface area (Å²) < 4.78 is 15.7. The number of hydrogen-bond acceptors (Lipinski definition) is 2. The Morgan fingerprint density at radius 3 is 2.71 bits per heavy atom. The lowest BCUT2D eigenvalue weighted by Crippen LogP contribution is -2.26. The lowest BCUT2D eigenvalue weighted by molar-refractivity contribution is 0.0785. The second-order valence-corrected chi connectivity index (χ2v) is 5.74. The normalized spacial score (nSPS) is 10.6. The Morgan fingerprint density at radius 1 is 1.21 bits per heavy atom. The Balaban J connectivity index is 1.83. The molecule has 0 atom stereocenters. The highest BCUT2D eigenvalue weighted by Crippen LogP contribution is 2.24. The van der Waals surface area contributed by atoms with Crippen molar-refractivity contribution in [1.29, 1.82) is 0 Å². The van der Waals surface area contributed by atoms with Gasteiger partial charge in [-0.3, -0.25) is 9.48 Å². The van der Waals surface area contributed by atoms with Crippen LogP contribution in [0.2, 0.25) is 0 Å². The van der Waals surface area contributed by atoms with E-state index in [1.165, 1.54) is 6.07 Å². The van der Waals surface area contributed by atoms with Gasteiger partial charge in [0.2, 0.25) is 0 Å². The van der Waals surface area contributed by atoms with E-state index in [2.05, 4.69) is 5.10 Å². The predicted octanol–water partition coefficient (Wildman–Crippen LogP) is 3.50. The maximum atomic E-state index is 14.0. The topological polar surface area (TPSA) is 38.1 Å². The first-order valence-electron chi connectivity index (χ1n) is 7.62. The summed E-state index contributed by atoms with van der Waals surface area (Å²) in [6.07, 6.45) is 3.61. The van der Waals surface area contributed by atoms with E-state index in [1.54, 1.807) is 65.3 Å². The van der Waals surface area contributed by atoms with Gasteiger partial charge >= 0.3 is 0 Å². The fraction of sp³-hybridized carbons (Fsp3) is 0.158. The molecule has 24 heavy (non-hydrogen) atoms. The molecule has 3 rings (SSSR count). The molecular weight excluding hydrogens is 305 g/mol. The standard InChI is InChI=1S/C19H18FN3O/c1-22(12-14-11-21-23(2)13-14)19(24)16-7-5-6-15(10-16)17-8-3-4-9-18(17)20/h3-11,13H,12H2,1-2H3. The average molecular weight is 323 g/mol. The molecule has 5 heteroatoms. The van der Waals surface area contributed by atoms with E-state index < -0.39 is 0 Å². The Morgan fingerprint density at radius 2 is 2.00 bits per heavy atom. The number of rotatable bonds is 4. The third kappa shape index (κ3) is 3.35. The van der Waals surface area contributed by atoms with Crippen molar-refractivity contribution in [2.45, 2.75) is 6.54 Å². The van der Waals surface area contributed by atoms with Crippen LogP contribution in [0.4, 0.5) is 4.39 Å². The van der Waals surface area contributed by atoms with Crippen LogP contribution in [-0.4, -0.2) is 27.6 Å². The van der Waals surface area contributed by atoms with Crippen LogP contribution in [0.3, 0.4) is 0 Å². The Bertz CT molecular complexity index is 872. The molecule has 0 spiro atoms. The highest BCUT2D eigenvalue weighted by atomic mass is 19.1. The van der Waals surface area contributed by atoms with Crippen molar-refractivity contribution >= 4 is 5.91 Å². The Labute approximate surface area is 140 Å². The van der Waals surface area contributed by atoms with Crippen LogP contribution >= 0.6 is 0 Å². The summed E-state index contributed by atoms with van der Waals surface area (Å²) in [6.45, 7) is 0.469. The number of halogens is 1. The molecular formula is C19H18FN3O. The largest absolute Gasteiger partial charge is 0.337 e. The second-order valence-electron chi connectivity index (χ2n) is 5.74. The van der Waals surface area contributed by atoms with Crippen LogP contribution in [0.1, 0.15) is 15.9 Å². The molecule has 0 radical (unpaired) electrons. The fourth-order valence-electron chi connectivity index (χ4n) is 2.63. The molecule has 122 valence electrons. The zero-order valence-electron chi connectivity index (χ0n) is 13.6. The monoisotopic (exact) mass is 323 g/mol. The van der Waals surface area contributed by atoms with E-state index in [0.717, 1.165) is 5.56 Å². The van der Waals surface area contributed by atoms with Crippen molar-refractivity contribution < 1.29 is 9.18 Å². The van der Waals surface area contributed by atoms with Crippen LogP contribution in [0.15, 0.2) is 60.9 Å². The predicted molar refractivity (Wildman–Crippen MR) is 90.8 cm³/mol. The van der Waals surface area contributed by atoms with E-state index in [-0.39, 0.29) is 11.7 Å². The molecule has 3 aromatic rings. The SMILES string of the molecule is CN(Cc1cnn(C)c1)C(=O)c1cccc(-c2ccccc2F)c1. The summed E-state index contributed by atoms with van der Waals surface area (Å²) in [5, 5.41) is 4.10. The zero-order valence-corrected chi connectivity index (χ0v) is 13.6. The van der Waals surface area contributed by atoms with Crippen LogP contribution in [-0.2, 0) is 13.6 Å². The second kappa shape index (κ2) is 6.66. The van der Waals surface area contributed by atoms with Crippen molar-refractivity contribution in [2.24, 2.45) is 7.05 Å². The first-order chi connectivity index (χ1) is 11.5. The highest BCUT2D eigenvalue weighted by molar-refractivity contribution is 5.95. The highest BCUT2D eigenvalue weighted by Gasteiger charge is 2.14. The molecule has 1 amide bonds. The third-order valence-corrected chi connectivity index (χ3v) is 3.82. The lowest BCUT2D eigenvalue weighted by Gasteiger charge is -2.17. The first kappa shape index (κ1) is 15.9. The molecule has 0 aliphatic rings. The molecule has 0 fully saturated rings. The van der Waals surface area contributed by atoms with Gasteiger partial charge in [-0.25, -0.2) is 4.39 Å². The smallest absolute Gasteiger partial charge is 0.253 e. The Hall–Kier alpha value is -2.95. The summed E-state index contributed by atoms with van der Waals surface area (Å²) >= 11 is 0. The Kier molecular flexibility index (Phi) is 4.42. The fourth-order valence-corrected chi connectivity index (χ4v) is 2.63. The van der Waals surface area contributed by atoms with Crippen LogP contribution < -0.4 is 0 Å². The third-order valence-electron chi connectivity index (χ3n) is 3.82. The van der Waals surface area contributed by atoms with Crippen molar-refractivity contribution in [2.75, 3.05) is 7.05 Å². The molecule has 1 heterocycles. The lowest BCUT2D eigenvalue weighted by atomic mass is 10.0.